The summed E-state index contributed by atoms with van der Waals surface area (Å²) in [5, 5.41) is 2.51. The number of amides is 3. The summed E-state index contributed by atoms with van der Waals surface area (Å²) in [6, 6.07) is 11.5. The summed E-state index contributed by atoms with van der Waals surface area (Å²) in [7, 11) is 0.260. The van der Waals surface area contributed by atoms with Crippen LogP contribution in [0.1, 0.15) is 46.4 Å². The average Bonchev–Trinajstić information content (AvgIpc) is 3.27. The van der Waals surface area contributed by atoms with Gasteiger partial charge < -0.3 is 25.6 Å². The van der Waals surface area contributed by atoms with Crippen molar-refractivity contribution in [2.45, 2.75) is 36.6 Å². The second kappa shape index (κ2) is 13.1. The number of carbonyl (C=O) groups excluding carboxylic acids is 4. The molecule has 2 aromatic rings. The molecular formula is C30H38N6O5S. The number of benzene rings is 2. The lowest BCUT2D eigenvalue weighted by Crippen LogP contribution is -2.49. The summed E-state index contributed by atoms with van der Waals surface area (Å²) in [4.78, 5) is 56.8. The Balaban J connectivity index is 1.17. The zero-order valence-corrected chi connectivity index (χ0v) is 24.7. The molecule has 3 aliphatic rings. The lowest BCUT2D eigenvalue weighted by Gasteiger charge is -2.39. The summed E-state index contributed by atoms with van der Waals surface area (Å²) in [6.07, 6.45) is 2.75. The number of aldehydes is 1. The van der Waals surface area contributed by atoms with Gasteiger partial charge in [0.15, 0.2) is 0 Å². The Labute approximate surface area is 248 Å². The smallest absolute Gasteiger partial charge is 0.264 e. The molecule has 0 spiro atoms. The molecule has 0 radical (unpaired) electrons. The van der Waals surface area contributed by atoms with Crippen LogP contribution in [0.15, 0.2) is 47.4 Å². The maximum atomic E-state index is 13.6. The van der Waals surface area contributed by atoms with Gasteiger partial charge in [-0.1, -0.05) is 6.07 Å². The number of likely N-dealkylation sites (N-methyl/N-ethyl adjacent to an activating group) is 1. The van der Waals surface area contributed by atoms with Gasteiger partial charge in [0, 0.05) is 65.0 Å². The average molecular weight is 595 g/mol. The van der Waals surface area contributed by atoms with Crippen LogP contribution in [0.3, 0.4) is 0 Å². The third kappa shape index (κ3) is 6.11. The molecule has 0 saturated carbocycles. The van der Waals surface area contributed by atoms with Crippen molar-refractivity contribution in [2.24, 2.45) is 5.92 Å². The number of anilines is 2. The summed E-state index contributed by atoms with van der Waals surface area (Å²) >= 11 is 0. The van der Waals surface area contributed by atoms with E-state index in [9.17, 15) is 23.4 Å². The van der Waals surface area contributed by atoms with Gasteiger partial charge in [0.1, 0.15) is 23.3 Å². The highest BCUT2D eigenvalue weighted by molar-refractivity contribution is 7.82. The van der Waals surface area contributed by atoms with Gasteiger partial charge in [-0.3, -0.25) is 19.3 Å². The molecule has 3 aliphatic heterocycles. The largest absolute Gasteiger partial charge is 0.399 e. The standard InChI is InChI=1S/C30H38N6O5S/c1-32-28(38)26(6-3-19-37)36-29(39)24-4-2-5-25(27(24)30(36)40)34-13-11-21(12-14-34)20-33-15-17-35(18-16-33)42(41)23-9-7-22(31)8-10-23/h2,4-5,7-10,19,21,26H,3,6,11-18,20,31H2,1H3,(H,32,38). The first kappa shape index (κ1) is 29.9. The van der Waals surface area contributed by atoms with Crippen molar-refractivity contribution in [3.63, 3.8) is 0 Å². The van der Waals surface area contributed by atoms with Gasteiger partial charge in [-0.25, -0.2) is 8.51 Å². The molecule has 42 heavy (non-hydrogen) atoms. The van der Waals surface area contributed by atoms with Crippen molar-refractivity contribution >= 4 is 46.4 Å². The van der Waals surface area contributed by atoms with Gasteiger partial charge in [0.2, 0.25) is 5.91 Å². The fourth-order valence-corrected chi connectivity index (χ4v) is 7.30. The van der Waals surface area contributed by atoms with E-state index in [0.717, 1.165) is 74.1 Å². The van der Waals surface area contributed by atoms with Gasteiger partial charge in [-0.15, -0.1) is 0 Å². The summed E-state index contributed by atoms with van der Waals surface area (Å²) < 4.78 is 15.0. The predicted molar refractivity (Wildman–Crippen MR) is 160 cm³/mol. The molecule has 2 aromatic carbocycles. The highest BCUT2D eigenvalue weighted by Gasteiger charge is 2.44. The van der Waals surface area contributed by atoms with Crippen molar-refractivity contribution in [3.8, 4) is 0 Å². The van der Waals surface area contributed by atoms with E-state index in [0.29, 0.717) is 29.0 Å². The minimum Gasteiger partial charge on any atom is -0.399 e. The normalized spacial score (nSPS) is 19.9. The first-order valence-electron chi connectivity index (χ1n) is 14.5. The van der Waals surface area contributed by atoms with E-state index < -0.39 is 34.7 Å². The number of nitrogens with zero attached hydrogens (tertiary/aromatic N) is 4. The molecule has 0 aromatic heterocycles. The molecule has 2 unspecified atom stereocenters. The molecule has 0 aliphatic carbocycles. The molecule has 2 atom stereocenters. The van der Waals surface area contributed by atoms with Crippen molar-refractivity contribution in [1.82, 2.24) is 19.4 Å². The van der Waals surface area contributed by atoms with Crippen molar-refractivity contribution in [3.05, 3.63) is 53.6 Å². The number of carbonyl (C=O) groups is 4. The number of nitrogens with two attached hydrogens (primary N) is 1. The van der Waals surface area contributed by atoms with Gasteiger partial charge in [-0.05, 0) is 61.6 Å². The summed E-state index contributed by atoms with van der Waals surface area (Å²) in [5.41, 5.74) is 7.78. The Morgan fingerprint density at radius 1 is 1.02 bits per heavy atom. The first-order valence-corrected chi connectivity index (χ1v) is 15.6. The molecule has 3 amide bonds. The second-order valence-corrected chi connectivity index (χ2v) is 12.5. The van der Waals surface area contributed by atoms with E-state index in [1.807, 2.05) is 22.5 Å². The van der Waals surface area contributed by atoms with Crippen molar-refractivity contribution in [2.75, 3.05) is 63.5 Å². The molecular weight excluding hydrogens is 556 g/mol. The lowest BCUT2D eigenvalue weighted by molar-refractivity contribution is -0.124. The quantitative estimate of drug-likeness (QED) is 0.240. The number of rotatable bonds is 10. The van der Waals surface area contributed by atoms with Gasteiger partial charge in [-0.2, -0.15) is 0 Å². The number of nitrogen functional groups attached to an aromatic ring is 1. The number of hydrogen-bond acceptors (Lipinski definition) is 8. The molecule has 0 bridgehead atoms. The Kier molecular flexibility index (Phi) is 9.34. The fraction of sp³-hybridized carbons (Fsp3) is 0.467. The Morgan fingerprint density at radius 3 is 2.36 bits per heavy atom. The highest BCUT2D eigenvalue weighted by Crippen LogP contribution is 2.35. The molecule has 3 N–H and O–H groups in total. The van der Waals surface area contributed by atoms with Crippen LogP contribution in [0.2, 0.25) is 0 Å². The molecule has 12 heteroatoms. The predicted octanol–water partition coefficient (Wildman–Crippen LogP) is 1.52. The van der Waals surface area contributed by atoms with Crippen LogP contribution in [0.25, 0.3) is 0 Å². The Morgan fingerprint density at radius 2 is 1.71 bits per heavy atom. The van der Waals surface area contributed by atoms with E-state index >= 15 is 0 Å². The molecule has 5 rings (SSSR count). The summed E-state index contributed by atoms with van der Waals surface area (Å²) in [5.74, 6) is -0.947. The number of imide groups is 1. The van der Waals surface area contributed by atoms with E-state index in [-0.39, 0.29) is 12.8 Å². The van der Waals surface area contributed by atoms with Crippen LogP contribution in [0.5, 0.6) is 0 Å². The minimum absolute atomic E-state index is 0.0708. The van der Waals surface area contributed by atoms with Crippen molar-refractivity contribution in [1.29, 1.82) is 0 Å². The van der Waals surface area contributed by atoms with Gasteiger partial charge in [0.25, 0.3) is 11.8 Å². The molecule has 3 heterocycles. The molecule has 224 valence electrons. The lowest BCUT2D eigenvalue weighted by atomic mass is 9.94. The zero-order chi connectivity index (χ0) is 29.8. The van der Waals surface area contributed by atoms with E-state index in [4.69, 9.17) is 5.73 Å². The number of piperidine rings is 1. The van der Waals surface area contributed by atoms with Crippen LogP contribution in [-0.2, 0) is 20.6 Å². The van der Waals surface area contributed by atoms with E-state index in [2.05, 4.69) is 15.1 Å². The highest BCUT2D eigenvalue weighted by atomic mass is 32.2. The number of nitrogens with one attached hydrogen (secondary N) is 1. The topological polar surface area (TPSA) is 136 Å². The van der Waals surface area contributed by atoms with Crippen LogP contribution >= 0.6 is 0 Å². The molecule has 2 fully saturated rings. The zero-order valence-electron chi connectivity index (χ0n) is 23.9. The second-order valence-electron chi connectivity index (χ2n) is 11.0. The third-order valence-electron chi connectivity index (χ3n) is 8.46. The number of piperazine rings is 1. The maximum absolute atomic E-state index is 13.6. The number of fused-ring (bicyclic) bond motifs is 1. The molecule has 11 nitrogen and oxygen atoms in total. The van der Waals surface area contributed by atoms with Gasteiger partial charge >= 0.3 is 0 Å². The molecule has 2 saturated heterocycles. The monoisotopic (exact) mass is 594 g/mol. The fourth-order valence-electron chi connectivity index (χ4n) is 6.13. The Hall–Kier alpha value is -3.61. The number of hydrogen-bond donors (Lipinski definition) is 2. The third-order valence-corrected chi connectivity index (χ3v) is 9.97. The minimum atomic E-state index is -1.19. The van der Waals surface area contributed by atoms with Crippen molar-refractivity contribution < 1.29 is 23.4 Å². The van der Waals surface area contributed by atoms with Crippen LogP contribution < -0.4 is 16.0 Å². The maximum Gasteiger partial charge on any atom is 0.264 e. The first-order chi connectivity index (χ1) is 20.3. The summed E-state index contributed by atoms with van der Waals surface area (Å²) in [6.45, 7) is 5.68. The Bertz CT molecular complexity index is 1350. The van der Waals surface area contributed by atoms with E-state index in [1.165, 1.54) is 7.05 Å². The van der Waals surface area contributed by atoms with Crippen LogP contribution in [0.4, 0.5) is 11.4 Å². The van der Waals surface area contributed by atoms with Gasteiger partial charge in [0.05, 0.1) is 21.7 Å². The van der Waals surface area contributed by atoms with Crippen LogP contribution in [-0.4, -0.2) is 101 Å². The SMILES string of the molecule is CNC(=O)C(CCC=O)N1C(=O)c2cccc(N3CCC(CN4CCN(S(=O)c5ccc(N)cc5)CC4)CC3)c2C1=O. The van der Waals surface area contributed by atoms with E-state index in [1.54, 1.807) is 24.3 Å². The van der Waals surface area contributed by atoms with Crippen LogP contribution in [0, 0.1) is 5.92 Å².